The summed E-state index contributed by atoms with van der Waals surface area (Å²) in [5.41, 5.74) is -0.00320. The molecule has 0 aliphatic carbocycles. The molecule has 1 aromatic rings. The summed E-state index contributed by atoms with van der Waals surface area (Å²) in [7, 11) is -1.69. The summed E-state index contributed by atoms with van der Waals surface area (Å²) in [6.45, 7) is 1.80. The number of sulfone groups is 1. The van der Waals surface area contributed by atoms with E-state index < -0.39 is 15.8 Å². The molecule has 0 saturated carbocycles. The minimum Gasteiger partial charge on any atom is -0.464 e. The number of thiazole rings is 1. The van der Waals surface area contributed by atoms with Gasteiger partial charge in [-0.25, -0.2) is 18.2 Å². The lowest BCUT2D eigenvalue weighted by Crippen LogP contribution is -2.15. The molecule has 0 aromatic carbocycles. The minimum atomic E-state index is -2.92. The van der Waals surface area contributed by atoms with Gasteiger partial charge in [0, 0.05) is 13.5 Å². The topological polar surface area (TPSA) is 102 Å². The van der Waals surface area contributed by atoms with Crippen molar-refractivity contribution < 1.29 is 22.7 Å². The molecule has 1 fully saturated rings. The lowest BCUT2D eigenvalue weighted by molar-refractivity contribution is 0.0591. The van der Waals surface area contributed by atoms with Gasteiger partial charge in [-0.15, -0.1) is 0 Å². The normalized spacial score (nSPS) is 20.2. The molecule has 2 rings (SSSR count). The second-order valence-electron chi connectivity index (χ2n) is 4.89. The highest BCUT2D eigenvalue weighted by atomic mass is 32.2. The van der Waals surface area contributed by atoms with Crippen LogP contribution in [-0.2, 0) is 14.6 Å². The first-order valence-electron chi connectivity index (χ1n) is 6.37. The van der Waals surface area contributed by atoms with Crippen molar-refractivity contribution in [3.63, 3.8) is 0 Å². The van der Waals surface area contributed by atoms with Crippen molar-refractivity contribution in [2.75, 3.05) is 30.5 Å². The van der Waals surface area contributed by atoms with Crippen LogP contribution in [0.25, 0.3) is 0 Å². The van der Waals surface area contributed by atoms with E-state index in [2.05, 4.69) is 15.0 Å². The number of carbonyl (C=O) groups is 2. The molecule has 21 heavy (non-hydrogen) atoms. The van der Waals surface area contributed by atoms with E-state index >= 15 is 0 Å². The molecule has 9 heteroatoms. The molecule has 1 saturated heterocycles. The number of hydrogen-bond acceptors (Lipinski definition) is 8. The maximum Gasteiger partial charge on any atom is 0.358 e. The van der Waals surface area contributed by atoms with Gasteiger partial charge in [0.15, 0.2) is 26.4 Å². The van der Waals surface area contributed by atoms with Crippen LogP contribution in [0.3, 0.4) is 0 Å². The number of esters is 1. The van der Waals surface area contributed by atoms with Gasteiger partial charge in [0.05, 0.1) is 18.6 Å². The van der Waals surface area contributed by atoms with Gasteiger partial charge < -0.3 is 10.1 Å². The Hall–Kier alpha value is -1.48. The van der Waals surface area contributed by atoms with E-state index in [0.29, 0.717) is 18.1 Å². The fraction of sp³-hybridized carbons (Fsp3) is 0.583. The molecule has 1 aliphatic heterocycles. The second kappa shape index (κ2) is 6.10. The molecule has 1 atom stereocenters. The fourth-order valence-corrected chi connectivity index (χ4v) is 4.85. The Morgan fingerprint density at radius 3 is 2.71 bits per heavy atom. The van der Waals surface area contributed by atoms with Gasteiger partial charge >= 0.3 is 5.97 Å². The second-order valence-corrected chi connectivity index (χ2v) is 8.12. The Balaban J connectivity index is 2.07. The molecule has 1 unspecified atom stereocenters. The average Bonchev–Trinajstić information content (AvgIpc) is 2.99. The predicted molar refractivity (Wildman–Crippen MR) is 78.7 cm³/mol. The van der Waals surface area contributed by atoms with Crippen LogP contribution in [-0.4, -0.2) is 50.3 Å². The van der Waals surface area contributed by atoms with Crippen molar-refractivity contribution >= 4 is 38.1 Å². The van der Waals surface area contributed by atoms with E-state index in [0.717, 1.165) is 11.3 Å². The molecule has 7 nitrogen and oxygen atoms in total. The number of methoxy groups -OCH3 is 1. The maximum atomic E-state index is 11.6. The van der Waals surface area contributed by atoms with Crippen molar-refractivity contribution in [1.29, 1.82) is 0 Å². The quantitative estimate of drug-likeness (QED) is 0.633. The molecule has 1 aromatic heterocycles. The number of ketones is 1. The number of nitrogens with one attached hydrogen (secondary N) is 1. The fourth-order valence-electron chi connectivity index (χ4n) is 2.13. The summed E-state index contributed by atoms with van der Waals surface area (Å²) in [6.07, 6.45) is 0.615. The van der Waals surface area contributed by atoms with Crippen LogP contribution >= 0.6 is 11.3 Å². The molecule has 116 valence electrons. The van der Waals surface area contributed by atoms with Gasteiger partial charge in [0.25, 0.3) is 0 Å². The molecule has 1 aliphatic rings. The number of ether oxygens (including phenoxy) is 1. The van der Waals surface area contributed by atoms with E-state index in [1.54, 1.807) is 0 Å². The van der Waals surface area contributed by atoms with Gasteiger partial charge in [-0.3, -0.25) is 4.79 Å². The smallest absolute Gasteiger partial charge is 0.358 e. The summed E-state index contributed by atoms with van der Waals surface area (Å²) < 4.78 is 27.4. The summed E-state index contributed by atoms with van der Waals surface area (Å²) in [5, 5.41) is 3.42. The number of rotatable bonds is 5. The lowest BCUT2D eigenvalue weighted by Gasteiger charge is -2.07. The monoisotopic (exact) mass is 332 g/mol. The Labute approximate surface area is 126 Å². The summed E-state index contributed by atoms with van der Waals surface area (Å²) in [4.78, 5) is 27.4. The number of hydrogen-bond donors (Lipinski definition) is 1. The van der Waals surface area contributed by atoms with Crippen LogP contribution in [0.4, 0.5) is 5.13 Å². The molecular formula is C12H16N2O5S2. The van der Waals surface area contributed by atoms with Crippen LogP contribution in [0.15, 0.2) is 0 Å². The molecular weight excluding hydrogens is 316 g/mol. The van der Waals surface area contributed by atoms with Gasteiger partial charge in [-0.1, -0.05) is 11.3 Å². The third-order valence-corrected chi connectivity index (χ3v) is 6.15. The van der Waals surface area contributed by atoms with E-state index in [4.69, 9.17) is 0 Å². The average molecular weight is 332 g/mol. The molecule has 0 bridgehead atoms. The van der Waals surface area contributed by atoms with Gasteiger partial charge in [0.2, 0.25) is 0 Å². The van der Waals surface area contributed by atoms with Crippen LogP contribution in [0.2, 0.25) is 0 Å². The number of anilines is 1. The first kappa shape index (κ1) is 15.9. The molecule has 0 amide bonds. The van der Waals surface area contributed by atoms with E-state index in [-0.39, 0.29) is 33.8 Å². The predicted octanol–water partition coefficient (Wildman–Crippen LogP) is 0.979. The third-order valence-electron chi connectivity index (χ3n) is 3.19. The zero-order chi connectivity index (χ0) is 15.6. The Bertz CT molecular complexity index is 665. The Morgan fingerprint density at radius 1 is 1.48 bits per heavy atom. The number of nitrogens with zero attached hydrogens (tertiary/aromatic N) is 1. The van der Waals surface area contributed by atoms with Crippen LogP contribution in [0.1, 0.15) is 33.5 Å². The maximum absolute atomic E-state index is 11.6. The first-order valence-corrected chi connectivity index (χ1v) is 9.00. The highest BCUT2D eigenvalue weighted by Gasteiger charge is 2.28. The van der Waals surface area contributed by atoms with E-state index in [9.17, 15) is 18.0 Å². The summed E-state index contributed by atoms with van der Waals surface area (Å²) >= 11 is 1.07. The number of carbonyl (C=O) groups excluding carboxylic acids is 2. The van der Waals surface area contributed by atoms with Crippen molar-refractivity contribution in [2.45, 2.75) is 13.3 Å². The van der Waals surface area contributed by atoms with Crippen molar-refractivity contribution in [2.24, 2.45) is 5.92 Å². The highest BCUT2D eigenvalue weighted by molar-refractivity contribution is 7.91. The Kier molecular flexibility index (Phi) is 4.62. The standard InChI is InChI=1S/C12H16N2O5S2/c1-7(15)10-9(11(16)19-2)14-12(20-10)13-5-8-3-4-21(17,18)6-8/h8H,3-6H2,1-2H3,(H,13,14). The lowest BCUT2D eigenvalue weighted by atomic mass is 10.1. The van der Waals surface area contributed by atoms with Gasteiger partial charge in [-0.05, 0) is 12.3 Å². The summed E-state index contributed by atoms with van der Waals surface area (Å²) in [6, 6.07) is 0. The molecule has 2 heterocycles. The number of Topliss-reactive ketones (excluding diaryl/α,β-unsaturated/α-hetero) is 1. The minimum absolute atomic E-state index is 0.00320. The van der Waals surface area contributed by atoms with Gasteiger partial charge in [-0.2, -0.15) is 0 Å². The van der Waals surface area contributed by atoms with Crippen LogP contribution in [0.5, 0.6) is 0 Å². The Morgan fingerprint density at radius 2 is 2.19 bits per heavy atom. The summed E-state index contributed by atoms with van der Waals surface area (Å²) in [5.74, 6) is -0.517. The van der Waals surface area contributed by atoms with Gasteiger partial charge in [0.1, 0.15) is 4.88 Å². The van der Waals surface area contributed by atoms with E-state index in [1.165, 1.54) is 14.0 Å². The third kappa shape index (κ3) is 3.79. The van der Waals surface area contributed by atoms with Crippen molar-refractivity contribution in [3.8, 4) is 0 Å². The van der Waals surface area contributed by atoms with Crippen molar-refractivity contribution in [3.05, 3.63) is 10.6 Å². The number of aromatic nitrogens is 1. The van der Waals surface area contributed by atoms with Crippen molar-refractivity contribution in [1.82, 2.24) is 4.98 Å². The largest absolute Gasteiger partial charge is 0.464 e. The molecule has 0 radical (unpaired) electrons. The molecule has 1 N–H and O–H groups in total. The zero-order valence-electron chi connectivity index (χ0n) is 11.7. The highest BCUT2D eigenvalue weighted by Crippen LogP contribution is 2.26. The SMILES string of the molecule is COC(=O)c1nc(NCC2CCS(=O)(=O)C2)sc1C(C)=O. The van der Waals surface area contributed by atoms with Crippen LogP contribution < -0.4 is 5.32 Å². The zero-order valence-corrected chi connectivity index (χ0v) is 13.3. The molecule has 0 spiro atoms. The first-order chi connectivity index (χ1) is 9.82. The van der Waals surface area contributed by atoms with Crippen LogP contribution in [0, 0.1) is 5.92 Å². The van der Waals surface area contributed by atoms with E-state index in [1.807, 2.05) is 0 Å².